The molecular formula is C14H13ClFNO2. The van der Waals surface area contributed by atoms with Gasteiger partial charge in [-0.3, -0.25) is 0 Å². The number of hydrogen-bond donors (Lipinski definition) is 0. The maximum Gasteiger partial charge on any atom is 0.354 e. The highest BCUT2D eigenvalue weighted by molar-refractivity contribution is 6.31. The van der Waals surface area contributed by atoms with E-state index in [-0.39, 0.29) is 6.54 Å². The standard InChI is InChI=1S/C14H13ClFNO2/c1-2-19-14(18)13-7-4-8-17(13)9-10-11(15)5-3-6-12(10)16/h3-8H,2,9H2,1H3. The lowest BCUT2D eigenvalue weighted by atomic mass is 10.2. The van der Waals surface area contributed by atoms with Crippen molar-refractivity contribution in [1.82, 2.24) is 4.57 Å². The van der Waals surface area contributed by atoms with Crippen LogP contribution < -0.4 is 0 Å². The van der Waals surface area contributed by atoms with E-state index < -0.39 is 11.8 Å². The van der Waals surface area contributed by atoms with Crippen LogP contribution in [0.15, 0.2) is 36.5 Å². The second-order valence-corrected chi connectivity index (χ2v) is 4.35. The quantitative estimate of drug-likeness (QED) is 0.803. The Kier molecular flexibility index (Phi) is 4.22. The lowest BCUT2D eigenvalue weighted by Crippen LogP contribution is -2.13. The van der Waals surface area contributed by atoms with E-state index in [2.05, 4.69) is 0 Å². The van der Waals surface area contributed by atoms with Crippen LogP contribution in [0.2, 0.25) is 5.02 Å². The largest absolute Gasteiger partial charge is 0.461 e. The summed E-state index contributed by atoms with van der Waals surface area (Å²) < 4.78 is 20.3. The molecule has 0 aliphatic heterocycles. The van der Waals surface area contributed by atoms with Gasteiger partial charge in [0.15, 0.2) is 0 Å². The summed E-state index contributed by atoms with van der Waals surface area (Å²) in [7, 11) is 0. The second-order valence-electron chi connectivity index (χ2n) is 3.94. The summed E-state index contributed by atoms with van der Waals surface area (Å²) >= 11 is 5.97. The highest BCUT2D eigenvalue weighted by Gasteiger charge is 2.14. The Morgan fingerprint density at radius 1 is 1.37 bits per heavy atom. The summed E-state index contributed by atoms with van der Waals surface area (Å²) in [5.74, 6) is -0.823. The van der Waals surface area contributed by atoms with E-state index in [9.17, 15) is 9.18 Å². The second kappa shape index (κ2) is 5.89. The molecule has 0 amide bonds. The smallest absolute Gasteiger partial charge is 0.354 e. The molecule has 0 aliphatic rings. The number of benzene rings is 1. The molecule has 0 spiro atoms. The number of carbonyl (C=O) groups excluding carboxylic acids is 1. The Morgan fingerprint density at radius 2 is 2.16 bits per heavy atom. The first-order valence-electron chi connectivity index (χ1n) is 5.88. The zero-order valence-corrected chi connectivity index (χ0v) is 11.2. The summed E-state index contributed by atoms with van der Waals surface area (Å²) in [6.07, 6.45) is 1.69. The summed E-state index contributed by atoms with van der Waals surface area (Å²) in [5.41, 5.74) is 0.729. The van der Waals surface area contributed by atoms with Crippen LogP contribution in [0.4, 0.5) is 4.39 Å². The predicted molar refractivity (Wildman–Crippen MR) is 70.9 cm³/mol. The van der Waals surface area contributed by atoms with Gasteiger partial charge < -0.3 is 9.30 Å². The van der Waals surface area contributed by atoms with Crippen LogP contribution in [0.1, 0.15) is 23.0 Å². The Hall–Kier alpha value is -1.81. The van der Waals surface area contributed by atoms with Gasteiger partial charge in [-0.1, -0.05) is 17.7 Å². The summed E-state index contributed by atoms with van der Waals surface area (Å²) in [4.78, 5) is 11.7. The predicted octanol–water partition coefficient (Wildman–Crippen LogP) is 3.51. The Morgan fingerprint density at radius 3 is 2.84 bits per heavy atom. The summed E-state index contributed by atoms with van der Waals surface area (Å²) in [6.45, 7) is 2.22. The third kappa shape index (κ3) is 2.96. The van der Waals surface area contributed by atoms with E-state index in [1.54, 1.807) is 42.0 Å². The molecule has 0 atom stereocenters. The average molecular weight is 282 g/mol. The molecule has 0 saturated carbocycles. The first kappa shape index (κ1) is 13.6. The van der Waals surface area contributed by atoms with E-state index in [4.69, 9.17) is 16.3 Å². The lowest BCUT2D eigenvalue weighted by molar-refractivity contribution is 0.0514. The fraction of sp³-hybridized carbons (Fsp3) is 0.214. The van der Waals surface area contributed by atoms with Gasteiger partial charge in [0.05, 0.1) is 13.2 Å². The van der Waals surface area contributed by atoms with Gasteiger partial charge in [0.2, 0.25) is 0 Å². The topological polar surface area (TPSA) is 31.2 Å². The number of ether oxygens (including phenoxy) is 1. The van der Waals surface area contributed by atoms with Crippen molar-refractivity contribution in [2.24, 2.45) is 0 Å². The molecule has 1 aromatic carbocycles. The first-order chi connectivity index (χ1) is 9.13. The van der Waals surface area contributed by atoms with Crippen molar-refractivity contribution in [1.29, 1.82) is 0 Å². The third-order valence-electron chi connectivity index (χ3n) is 2.70. The Bertz CT molecular complexity index is 575. The third-order valence-corrected chi connectivity index (χ3v) is 3.06. The van der Waals surface area contributed by atoms with E-state index in [0.717, 1.165) is 0 Å². The monoisotopic (exact) mass is 281 g/mol. The Labute approximate surface area is 115 Å². The van der Waals surface area contributed by atoms with Crippen molar-refractivity contribution < 1.29 is 13.9 Å². The average Bonchev–Trinajstić information content (AvgIpc) is 2.82. The molecule has 0 unspecified atom stereocenters. The van der Waals surface area contributed by atoms with Gasteiger partial charge in [-0.25, -0.2) is 9.18 Å². The van der Waals surface area contributed by atoms with Gasteiger partial charge in [0.25, 0.3) is 0 Å². The molecular weight excluding hydrogens is 269 g/mol. The maximum absolute atomic E-state index is 13.7. The number of carbonyl (C=O) groups is 1. The zero-order chi connectivity index (χ0) is 13.8. The van der Waals surface area contributed by atoms with Crippen molar-refractivity contribution in [3.8, 4) is 0 Å². The molecule has 1 heterocycles. The number of hydrogen-bond acceptors (Lipinski definition) is 2. The van der Waals surface area contributed by atoms with Crippen molar-refractivity contribution in [2.45, 2.75) is 13.5 Å². The van der Waals surface area contributed by atoms with Gasteiger partial charge in [-0.15, -0.1) is 0 Å². The van der Waals surface area contributed by atoms with E-state index in [1.807, 2.05) is 0 Å². The van der Waals surface area contributed by atoms with Crippen LogP contribution in [0.5, 0.6) is 0 Å². The summed E-state index contributed by atoms with van der Waals surface area (Å²) in [5, 5.41) is 0.337. The molecule has 3 nitrogen and oxygen atoms in total. The normalized spacial score (nSPS) is 10.5. The highest BCUT2D eigenvalue weighted by atomic mass is 35.5. The van der Waals surface area contributed by atoms with Crippen LogP contribution in [0.3, 0.4) is 0 Å². The number of aromatic nitrogens is 1. The number of esters is 1. The van der Waals surface area contributed by atoms with Gasteiger partial charge in [-0.05, 0) is 31.2 Å². The van der Waals surface area contributed by atoms with E-state index in [1.165, 1.54) is 6.07 Å². The fourth-order valence-corrected chi connectivity index (χ4v) is 2.02. The zero-order valence-electron chi connectivity index (χ0n) is 10.4. The van der Waals surface area contributed by atoms with Crippen molar-refractivity contribution >= 4 is 17.6 Å². The Balaban J connectivity index is 2.30. The molecule has 0 radical (unpaired) electrons. The van der Waals surface area contributed by atoms with Gasteiger partial charge in [0.1, 0.15) is 11.5 Å². The molecule has 0 aliphatic carbocycles. The minimum atomic E-state index is -0.431. The van der Waals surface area contributed by atoms with Gasteiger partial charge in [-0.2, -0.15) is 0 Å². The number of rotatable bonds is 4. The van der Waals surface area contributed by atoms with Crippen molar-refractivity contribution in [2.75, 3.05) is 6.61 Å². The molecule has 5 heteroatoms. The highest BCUT2D eigenvalue weighted by Crippen LogP contribution is 2.21. The lowest BCUT2D eigenvalue weighted by Gasteiger charge is -2.10. The van der Waals surface area contributed by atoms with Crippen LogP contribution in [0.25, 0.3) is 0 Å². The molecule has 2 aromatic rings. The molecule has 0 fully saturated rings. The minimum Gasteiger partial charge on any atom is -0.461 e. The molecule has 0 saturated heterocycles. The van der Waals surface area contributed by atoms with E-state index in [0.29, 0.717) is 22.9 Å². The molecule has 1 aromatic heterocycles. The molecule has 100 valence electrons. The van der Waals surface area contributed by atoms with Crippen molar-refractivity contribution in [3.05, 3.63) is 58.6 Å². The fourth-order valence-electron chi connectivity index (χ4n) is 1.80. The van der Waals surface area contributed by atoms with Crippen LogP contribution in [0, 0.1) is 5.82 Å². The molecule has 2 rings (SSSR count). The number of halogens is 2. The minimum absolute atomic E-state index is 0.187. The maximum atomic E-state index is 13.7. The molecule has 0 bridgehead atoms. The first-order valence-corrected chi connectivity index (χ1v) is 6.26. The molecule has 19 heavy (non-hydrogen) atoms. The van der Waals surface area contributed by atoms with E-state index >= 15 is 0 Å². The van der Waals surface area contributed by atoms with Gasteiger partial charge >= 0.3 is 5.97 Å². The van der Waals surface area contributed by atoms with Gasteiger partial charge in [0, 0.05) is 16.8 Å². The van der Waals surface area contributed by atoms with Crippen LogP contribution >= 0.6 is 11.6 Å². The van der Waals surface area contributed by atoms with Crippen LogP contribution in [-0.2, 0) is 11.3 Å². The van der Waals surface area contributed by atoms with Crippen LogP contribution in [-0.4, -0.2) is 17.1 Å². The van der Waals surface area contributed by atoms with Crippen molar-refractivity contribution in [3.63, 3.8) is 0 Å². The number of nitrogens with zero attached hydrogens (tertiary/aromatic N) is 1. The SMILES string of the molecule is CCOC(=O)c1cccn1Cc1c(F)cccc1Cl. The molecule has 0 N–H and O–H groups in total. The summed E-state index contributed by atoms with van der Waals surface area (Å²) in [6, 6.07) is 7.85.